The van der Waals surface area contributed by atoms with Gasteiger partial charge in [-0.25, -0.2) is 0 Å². The Morgan fingerprint density at radius 3 is 2.74 bits per heavy atom. The summed E-state index contributed by atoms with van der Waals surface area (Å²) in [4.78, 5) is 10.4. The van der Waals surface area contributed by atoms with Gasteiger partial charge in [0.05, 0.1) is 11.5 Å². The lowest BCUT2D eigenvalue weighted by molar-refractivity contribution is -0.384. The molecule has 1 aromatic carbocycles. The predicted molar refractivity (Wildman–Crippen MR) is 75.5 cm³/mol. The van der Waals surface area contributed by atoms with Gasteiger partial charge < -0.3 is 10.1 Å². The summed E-state index contributed by atoms with van der Waals surface area (Å²) in [5, 5.41) is 14.1. The molecule has 0 aliphatic rings. The lowest BCUT2D eigenvalue weighted by Crippen LogP contribution is -2.22. The first-order chi connectivity index (χ1) is 9.04. The quantitative estimate of drug-likeness (QED) is 0.445. The molecule has 0 spiro atoms. The van der Waals surface area contributed by atoms with E-state index in [0.717, 1.165) is 24.2 Å². The molecule has 1 aromatic rings. The lowest BCUT2D eigenvalue weighted by Gasteiger charge is -2.13. The van der Waals surface area contributed by atoms with E-state index in [-0.39, 0.29) is 10.6 Å². The van der Waals surface area contributed by atoms with E-state index in [0.29, 0.717) is 19.2 Å². The number of hydrogen-bond donors (Lipinski definition) is 1. The fourth-order valence-corrected chi connectivity index (χ4v) is 1.60. The molecule has 0 radical (unpaired) electrons. The van der Waals surface area contributed by atoms with Crippen molar-refractivity contribution in [3.63, 3.8) is 0 Å². The maximum Gasteiger partial charge on any atom is 0.270 e. The van der Waals surface area contributed by atoms with Crippen LogP contribution in [0, 0.1) is 10.1 Å². The highest BCUT2D eigenvalue weighted by molar-refractivity contribution is 5.43. The molecule has 0 aliphatic carbocycles. The predicted octanol–water partition coefficient (Wildman–Crippen LogP) is 3.27. The van der Waals surface area contributed by atoms with Gasteiger partial charge in [0.15, 0.2) is 0 Å². The van der Waals surface area contributed by atoms with Crippen molar-refractivity contribution in [2.45, 2.75) is 46.2 Å². The van der Waals surface area contributed by atoms with Gasteiger partial charge in [-0.3, -0.25) is 10.1 Å². The number of rotatable bonds is 8. The third-order valence-electron chi connectivity index (χ3n) is 2.71. The maximum atomic E-state index is 10.8. The van der Waals surface area contributed by atoms with Gasteiger partial charge in [-0.2, -0.15) is 0 Å². The minimum absolute atomic E-state index is 0.100. The van der Waals surface area contributed by atoms with Crippen LogP contribution >= 0.6 is 0 Å². The van der Waals surface area contributed by atoms with Crippen LogP contribution in [-0.2, 0) is 6.54 Å². The highest BCUT2D eigenvalue weighted by atomic mass is 16.6. The van der Waals surface area contributed by atoms with Crippen molar-refractivity contribution >= 4 is 5.69 Å². The molecule has 106 valence electrons. The van der Waals surface area contributed by atoms with E-state index in [1.807, 2.05) is 13.8 Å². The molecule has 0 atom stereocenters. The zero-order chi connectivity index (χ0) is 14.3. The van der Waals surface area contributed by atoms with Crippen LogP contribution in [0.2, 0.25) is 0 Å². The minimum atomic E-state index is -0.380. The van der Waals surface area contributed by atoms with Gasteiger partial charge in [0.1, 0.15) is 5.75 Å². The second-order valence-electron chi connectivity index (χ2n) is 4.79. The monoisotopic (exact) mass is 266 g/mol. The first-order valence-electron chi connectivity index (χ1n) is 6.68. The maximum absolute atomic E-state index is 10.8. The summed E-state index contributed by atoms with van der Waals surface area (Å²) in [6, 6.07) is 5.07. The Hall–Kier alpha value is -1.62. The number of nitro groups is 1. The summed E-state index contributed by atoms with van der Waals surface area (Å²) in [5.41, 5.74) is 0.933. The van der Waals surface area contributed by atoms with Gasteiger partial charge in [-0.15, -0.1) is 0 Å². The number of nitrogens with zero attached hydrogens (tertiary/aromatic N) is 1. The minimum Gasteiger partial charge on any atom is -0.493 e. The van der Waals surface area contributed by atoms with Crippen molar-refractivity contribution in [3.8, 4) is 5.75 Å². The fourth-order valence-electron chi connectivity index (χ4n) is 1.60. The molecule has 0 amide bonds. The van der Waals surface area contributed by atoms with Crippen LogP contribution in [0.25, 0.3) is 0 Å². The number of nitro benzene ring substituents is 1. The standard InChI is InChI=1S/C14H22N2O3/c1-4-5-8-19-14-7-6-13(16(17)18)9-12(14)10-15-11(2)3/h6-7,9,11,15H,4-5,8,10H2,1-3H3. The van der Waals surface area contributed by atoms with Gasteiger partial charge in [-0.05, 0) is 12.5 Å². The summed E-state index contributed by atoms with van der Waals surface area (Å²) in [5.74, 6) is 0.729. The summed E-state index contributed by atoms with van der Waals surface area (Å²) in [6.07, 6.45) is 2.04. The second kappa shape index (κ2) is 7.74. The molecule has 5 nitrogen and oxygen atoms in total. The summed E-state index contributed by atoms with van der Waals surface area (Å²) >= 11 is 0. The van der Waals surface area contributed by atoms with E-state index < -0.39 is 0 Å². The van der Waals surface area contributed by atoms with E-state index in [2.05, 4.69) is 12.2 Å². The highest BCUT2D eigenvalue weighted by Gasteiger charge is 2.12. The average Bonchev–Trinajstić information content (AvgIpc) is 2.37. The second-order valence-corrected chi connectivity index (χ2v) is 4.79. The molecule has 0 unspecified atom stereocenters. The van der Waals surface area contributed by atoms with Gasteiger partial charge >= 0.3 is 0 Å². The average molecular weight is 266 g/mol. The van der Waals surface area contributed by atoms with E-state index >= 15 is 0 Å². The Bertz CT molecular complexity index is 419. The van der Waals surface area contributed by atoms with Crippen LogP contribution in [-0.4, -0.2) is 17.6 Å². The Balaban J connectivity index is 2.84. The van der Waals surface area contributed by atoms with Crippen LogP contribution in [0.5, 0.6) is 5.75 Å². The van der Waals surface area contributed by atoms with Gasteiger partial charge in [0.25, 0.3) is 5.69 Å². The van der Waals surface area contributed by atoms with E-state index in [9.17, 15) is 10.1 Å². The Kier molecular flexibility index (Phi) is 6.29. The third-order valence-corrected chi connectivity index (χ3v) is 2.71. The summed E-state index contributed by atoms with van der Waals surface area (Å²) in [7, 11) is 0. The van der Waals surface area contributed by atoms with Gasteiger partial charge in [0.2, 0.25) is 0 Å². The molecule has 0 fully saturated rings. The molecule has 0 heterocycles. The zero-order valence-corrected chi connectivity index (χ0v) is 11.8. The van der Waals surface area contributed by atoms with Crippen LogP contribution in [0.3, 0.4) is 0 Å². The van der Waals surface area contributed by atoms with Crippen LogP contribution in [0.1, 0.15) is 39.2 Å². The first kappa shape index (κ1) is 15.4. The summed E-state index contributed by atoms with van der Waals surface area (Å²) in [6.45, 7) is 7.38. The zero-order valence-electron chi connectivity index (χ0n) is 11.8. The van der Waals surface area contributed by atoms with E-state index in [1.165, 1.54) is 6.07 Å². The van der Waals surface area contributed by atoms with Crippen LogP contribution < -0.4 is 10.1 Å². The third kappa shape index (κ3) is 5.26. The van der Waals surface area contributed by atoms with Gasteiger partial charge in [-0.1, -0.05) is 27.2 Å². The van der Waals surface area contributed by atoms with E-state index in [4.69, 9.17) is 4.74 Å². The topological polar surface area (TPSA) is 64.4 Å². The van der Waals surface area contributed by atoms with Crippen molar-refractivity contribution in [1.82, 2.24) is 5.32 Å². The number of nitrogens with one attached hydrogen (secondary N) is 1. The number of non-ortho nitro benzene ring substituents is 1. The Morgan fingerprint density at radius 2 is 2.16 bits per heavy atom. The van der Waals surface area contributed by atoms with Gasteiger partial charge in [0, 0.05) is 30.3 Å². The molecule has 19 heavy (non-hydrogen) atoms. The number of hydrogen-bond acceptors (Lipinski definition) is 4. The summed E-state index contributed by atoms with van der Waals surface area (Å²) < 4.78 is 5.68. The van der Waals surface area contributed by atoms with Crippen LogP contribution in [0.15, 0.2) is 18.2 Å². The molecular formula is C14H22N2O3. The van der Waals surface area contributed by atoms with Crippen LogP contribution in [0.4, 0.5) is 5.69 Å². The fraction of sp³-hybridized carbons (Fsp3) is 0.571. The lowest BCUT2D eigenvalue weighted by atomic mass is 10.1. The molecule has 1 N–H and O–H groups in total. The molecule has 0 saturated carbocycles. The Labute approximate surface area is 114 Å². The molecule has 0 bridgehead atoms. The van der Waals surface area contributed by atoms with E-state index in [1.54, 1.807) is 12.1 Å². The van der Waals surface area contributed by atoms with Crippen molar-refractivity contribution in [2.75, 3.05) is 6.61 Å². The normalized spacial score (nSPS) is 10.7. The number of ether oxygens (including phenoxy) is 1. The molecule has 0 aliphatic heterocycles. The Morgan fingerprint density at radius 1 is 1.42 bits per heavy atom. The van der Waals surface area contributed by atoms with Crippen molar-refractivity contribution < 1.29 is 9.66 Å². The van der Waals surface area contributed by atoms with Crippen molar-refractivity contribution in [1.29, 1.82) is 0 Å². The molecule has 0 saturated heterocycles. The largest absolute Gasteiger partial charge is 0.493 e. The van der Waals surface area contributed by atoms with Crippen molar-refractivity contribution in [3.05, 3.63) is 33.9 Å². The smallest absolute Gasteiger partial charge is 0.270 e. The molecule has 5 heteroatoms. The first-order valence-corrected chi connectivity index (χ1v) is 6.68. The SMILES string of the molecule is CCCCOc1ccc([N+](=O)[O-])cc1CNC(C)C. The molecule has 0 aromatic heterocycles. The molecule has 1 rings (SSSR count). The molecular weight excluding hydrogens is 244 g/mol. The highest BCUT2D eigenvalue weighted by Crippen LogP contribution is 2.24. The number of unbranched alkanes of at least 4 members (excludes halogenated alkanes) is 1. The van der Waals surface area contributed by atoms with Crippen molar-refractivity contribution in [2.24, 2.45) is 0 Å². The number of benzene rings is 1.